The summed E-state index contributed by atoms with van der Waals surface area (Å²) in [4.78, 5) is 25.5. The first-order valence-electron chi connectivity index (χ1n) is 9.14. The average Bonchev–Trinajstić information content (AvgIpc) is 2.68. The average molecular weight is 384 g/mol. The fourth-order valence-electron chi connectivity index (χ4n) is 2.52. The molecule has 0 atom stereocenters. The number of hydrogen-bond donors (Lipinski definition) is 2. The lowest BCUT2D eigenvalue weighted by Crippen LogP contribution is -2.41. The van der Waals surface area contributed by atoms with Gasteiger partial charge >= 0.3 is 0 Å². The van der Waals surface area contributed by atoms with E-state index in [1.807, 2.05) is 24.3 Å². The molecule has 150 valence electrons. The van der Waals surface area contributed by atoms with Crippen LogP contribution in [0.3, 0.4) is 0 Å². The van der Waals surface area contributed by atoms with Gasteiger partial charge in [-0.05, 0) is 49.6 Å². The van der Waals surface area contributed by atoms with Crippen molar-refractivity contribution in [1.29, 1.82) is 0 Å². The normalized spacial score (nSPS) is 11.1. The van der Waals surface area contributed by atoms with Gasteiger partial charge in [-0.25, -0.2) is 0 Å². The summed E-state index contributed by atoms with van der Waals surface area (Å²) in [5.41, 5.74) is 1.01. The van der Waals surface area contributed by atoms with E-state index in [4.69, 9.17) is 9.47 Å². The van der Waals surface area contributed by atoms with Crippen LogP contribution in [-0.4, -0.2) is 26.0 Å². The van der Waals surface area contributed by atoms with E-state index in [9.17, 15) is 9.59 Å². The zero-order valence-electron chi connectivity index (χ0n) is 17.3. The Kier molecular flexibility index (Phi) is 6.67. The number of nitrogens with one attached hydrogen (secondary N) is 2. The van der Waals surface area contributed by atoms with Gasteiger partial charge in [0.25, 0.3) is 0 Å². The van der Waals surface area contributed by atoms with E-state index in [1.165, 1.54) is 12.7 Å². The van der Waals surface area contributed by atoms with Crippen LogP contribution >= 0.6 is 0 Å². The number of hydrogen-bond acceptors (Lipinski definition) is 4. The summed E-state index contributed by atoms with van der Waals surface area (Å²) in [6.45, 7) is 7.37. The van der Waals surface area contributed by atoms with Crippen LogP contribution in [0.25, 0.3) is 0 Å². The second-order valence-corrected chi connectivity index (χ2v) is 7.38. The number of benzene rings is 2. The molecule has 0 aliphatic heterocycles. The van der Waals surface area contributed by atoms with Crippen LogP contribution in [0.1, 0.15) is 39.2 Å². The second-order valence-electron chi connectivity index (χ2n) is 7.38. The minimum atomic E-state index is -1.29. The molecule has 2 aromatic carbocycles. The maximum Gasteiger partial charge on any atom is 0.239 e. The zero-order valence-corrected chi connectivity index (χ0v) is 17.3. The van der Waals surface area contributed by atoms with E-state index < -0.39 is 17.2 Å². The summed E-state index contributed by atoms with van der Waals surface area (Å²) in [7, 11) is 3.05. The van der Waals surface area contributed by atoms with Gasteiger partial charge < -0.3 is 20.1 Å². The number of ether oxygens (including phenoxy) is 2. The van der Waals surface area contributed by atoms with Crippen molar-refractivity contribution in [2.75, 3.05) is 24.9 Å². The minimum Gasteiger partial charge on any atom is -0.497 e. The molecule has 0 heterocycles. The second kappa shape index (κ2) is 8.78. The van der Waals surface area contributed by atoms with Crippen molar-refractivity contribution >= 4 is 23.2 Å². The molecule has 0 spiro atoms. The van der Waals surface area contributed by atoms with E-state index in [0.29, 0.717) is 28.8 Å². The predicted octanol–water partition coefficient (Wildman–Crippen LogP) is 4.43. The fourth-order valence-corrected chi connectivity index (χ4v) is 2.52. The maximum atomic E-state index is 12.8. The SMILES string of the molecule is COc1ccc(NC(=O)C(C)(C)C(=O)Nc2ccc(C(C)C)cc2)c(OC)c1. The molecule has 0 saturated heterocycles. The molecule has 0 saturated carbocycles. The Morgan fingerprint density at radius 3 is 2.04 bits per heavy atom. The third kappa shape index (κ3) is 4.82. The molecule has 2 amide bonds. The Labute approximate surface area is 166 Å². The number of amides is 2. The van der Waals surface area contributed by atoms with Crippen LogP contribution in [-0.2, 0) is 9.59 Å². The minimum absolute atomic E-state index is 0.394. The zero-order chi connectivity index (χ0) is 20.9. The first-order valence-corrected chi connectivity index (χ1v) is 9.14. The molecule has 28 heavy (non-hydrogen) atoms. The molecule has 0 unspecified atom stereocenters. The van der Waals surface area contributed by atoms with Crippen LogP contribution in [0.5, 0.6) is 11.5 Å². The highest BCUT2D eigenvalue weighted by molar-refractivity contribution is 6.14. The summed E-state index contributed by atoms with van der Waals surface area (Å²) in [5.74, 6) is 0.637. The molecule has 0 fully saturated rings. The van der Waals surface area contributed by atoms with Gasteiger partial charge in [0.05, 0.1) is 19.9 Å². The summed E-state index contributed by atoms with van der Waals surface area (Å²) in [6.07, 6.45) is 0. The molecular weight excluding hydrogens is 356 g/mol. The van der Waals surface area contributed by atoms with Crippen molar-refractivity contribution in [3.05, 3.63) is 48.0 Å². The topological polar surface area (TPSA) is 76.7 Å². The Bertz CT molecular complexity index is 842. The molecule has 2 aromatic rings. The van der Waals surface area contributed by atoms with E-state index >= 15 is 0 Å². The van der Waals surface area contributed by atoms with Crippen molar-refractivity contribution in [1.82, 2.24) is 0 Å². The number of methoxy groups -OCH3 is 2. The Morgan fingerprint density at radius 2 is 1.50 bits per heavy atom. The van der Waals surface area contributed by atoms with Gasteiger partial charge in [0, 0.05) is 11.8 Å². The standard InChI is InChI=1S/C22H28N2O4/c1-14(2)15-7-9-16(10-8-15)23-20(25)22(3,4)21(26)24-18-12-11-17(27-5)13-19(18)28-6/h7-14H,1-6H3,(H,23,25)(H,24,26). The third-order valence-corrected chi connectivity index (χ3v) is 4.63. The quantitative estimate of drug-likeness (QED) is 0.693. The summed E-state index contributed by atoms with van der Waals surface area (Å²) in [6, 6.07) is 12.7. The van der Waals surface area contributed by atoms with Gasteiger partial charge in [-0.2, -0.15) is 0 Å². The smallest absolute Gasteiger partial charge is 0.239 e. The van der Waals surface area contributed by atoms with Gasteiger partial charge in [-0.1, -0.05) is 26.0 Å². The molecule has 6 nitrogen and oxygen atoms in total. The third-order valence-electron chi connectivity index (χ3n) is 4.63. The highest BCUT2D eigenvalue weighted by atomic mass is 16.5. The van der Waals surface area contributed by atoms with Gasteiger partial charge in [-0.15, -0.1) is 0 Å². The maximum absolute atomic E-state index is 12.8. The highest BCUT2D eigenvalue weighted by Gasteiger charge is 2.36. The molecule has 0 aromatic heterocycles. The van der Waals surface area contributed by atoms with Gasteiger partial charge in [0.2, 0.25) is 11.8 Å². The predicted molar refractivity (Wildman–Crippen MR) is 111 cm³/mol. The molecule has 0 aliphatic carbocycles. The first kappa shape index (κ1) is 21.3. The first-order chi connectivity index (χ1) is 13.2. The highest BCUT2D eigenvalue weighted by Crippen LogP contribution is 2.31. The summed E-state index contributed by atoms with van der Waals surface area (Å²) < 4.78 is 10.4. The molecule has 0 bridgehead atoms. The number of carbonyl (C=O) groups excluding carboxylic acids is 2. The largest absolute Gasteiger partial charge is 0.497 e. The number of carbonyl (C=O) groups is 2. The molecule has 0 radical (unpaired) electrons. The Hall–Kier alpha value is -3.02. The monoisotopic (exact) mass is 384 g/mol. The molecule has 6 heteroatoms. The van der Waals surface area contributed by atoms with Gasteiger partial charge in [-0.3, -0.25) is 9.59 Å². The molecule has 2 N–H and O–H groups in total. The van der Waals surface area contributed by atoms with Crippen molar-refractivity contribution in [3.8, 4) is 11.5 Å². The molecule has 0 aliphatic rings. The van der Waals surface area contributed by atoms with E-state index in [2.05, 4.69) is 24.5 Å². The van der Waals surface area contributed by atoms with Crippen LogP contribution in [0.2, 0.25) is 0 Å². The lowest BCUT2D eigenvalue weighted by molar-refractivity contribution is -0.135. The summed E-state index contributed by atoms with van der Waals surface area (Å²) in [5, 5.41) is 5.57. The number of rotatable bonds is 7. The van der Waals surface area contributed by atoms with Crippen molar-refractivity contribution in [3.63, 3.8) is 0 Å². The van der Waals surface area contributed by atoms with E-state index in [-0.39, 0.29) is 0 Å². The van der Waals surface area contributed by atoms with Crippen LogP contribution in [0.15, 0.2) is 42.5 Å². The number of anilines is 2. The lowest BCUT2D eigenvalue weighted by atomic mass is 9.90. The van der Waals surface area contributed by atoms with Crippen LogP contribution < -0.4 is 20.1 Å². The van der Waals surface area contributed by atoms with Crippen molar-refractivity contribution in [2.24, 2.45) is 5.41 Å². The van der Waals surface area contributed by atoms with Gasteiger partial charge in [0.15, 0.2) is 0 Å². The van der Waals surface area contributed by atoms with Gasteiger partial charge in [0.1, 0.15) is 16.9 Å². The van der Waals surface area contributed by atoms with Crippen molar-refractivity contribution in [2.45, 2.75) is 33.6 Å². The Balaban J connectivity index is 2.12. The van der Waals surface area contributed by atoms with Crippen LogP contribution in [0, 0.1) is 5.41 Å². The molecule has 2 rings (SSSR count). The van der Waals surface area contributed by atoms with E-state index in [1.54, 1.807) is 39.2 Å². The Morgan fingerprint density at radius 1 is 0.893 bits per heavy atom. The van der Waals surface area contributed by atoms with E-state index in [0.717, 1.165) is 0 Å². The molecular formula is C22H28N2O4. The fraction of sp³-hybridized carbons (Fsp3) is 0.364. The van der Waals surface area contributed by atoms with Crippen LogP contribution in [0.4, 0.5) is 11.4 Å². The lowest BCUT2D eigenvalue weighted by Gasteiger charge is -2.23. The van der Waals surface area contributed by atoms with Crippen molar-refractivity contribution < 1.29 is 19.1 Å². The summed E-state index contributed by atoms with van der Waals surface area (Å²) >= 11 is 0.